The minimum Gasteiger partial charge on any atom is -0.368 e. The summed E-state index contributed by atoms with van der Waals surface area (Å²) in [4.78, 5) is 7.42. The Bertz CT molecular complexity index is 444. The van der Waals surface area contributed by atoms with Gasteiger partial charge in [0.15, 0.2) is 0 Å². The van der Waals surface area contributed by atoms with Gasteiger partial charge in [-0.1, -0.05) is 0 Å². The van der Waals surface area contributed by atoms with E-state index in [-0.39, 0.29) is 6.10 Å². The third kappa shape index (κ3) is 2.33. The van der Waals surface area contributed by atoms with Crippen molar-refractivity contribution in [1.29, 1.82) is 0 Å². The van der Waals surface area contributed by atoms with Gasteiger partial charge >= 0.3 is 0 Å². The zero-order valence-corrected chi connectivity index (χ0v) is 12.0. The lowest BCUT2D eigenvalue weighted by Gasteiger charge is -2.34. The first-order valence-corrected chi connectivity index (χ1v) is 8.32. The van der Waals surface area contributed by atoms with E-state index < -0.39 is 0 Å². The van der Waals surface area contributed by atoms with Crippen molar-refractivity contribution in [2.24, 2.45) is 0 Å². The molecule has 4 rings (SSSR count). The molecule has 4 nitrogen and oxygen atoms in total. The first-order chi connectivity index (χ1) is 9.40. The summed E-state index contributed by atoms with van der Waals surface area (Å²) in [6, 6.07) is 1.15. The normalized spacial score (nSPS) is 35.7. The molecule has 4 heterocycles. The molecule has 0 aliphatic carbocycles. The fraction of sp³-hybridized carbons (Fsp3) is 0.786. The van der Waals surface area contributed by atoms with Crippen LogP contribution in [0.5, 0.6) is 0 Å². The van der Waals surface area contributed by atoms with Crippen molar-refractivity contribution in [3.63, 3.8) is 0 Å². The van der Waals surface area contributed by atoms with E-state index in [1.54, 1.807) is 11.3 Å². The lowest BCUT2D eigenvalue weighted by Crippen LogP contribution is -2.42. The molecule has 0 spiro atoms. The SMILES string of the molecule is c1sc(C2CN3CCCC3CO2)nc1[C@@H]1CCCN1. The molecular formula is C14H21N3OS. The maximum Gasteiger partial charge on any atom is 0.123 e. The predicted molar refractivity (Wildman–Crippen MR) is 75.4 cm³/mol. The standard InChI is InChI=1S/C14H21N3OS/c1-4-11(15-5-1)12-9-19-14(16-12)13-7-17-6-2-3-10(17)8-18-13/h9-11,13,15H,1-8H2/t10?,11-,13?/m0/s1. The topological polar surface area (TPSA) is 37.4 Å². The Hall–Kier alpha value is -0.490. The third-order valence-electron chi connectivity index (χ3n) is 4.62. The van der Waals surface area contributed by atoms with Crippen LogP contribution in [0.1, 0.15) is 48.5 Å². The number of nitrogens with zero attached hydrogens (tertiary/aromatic N) is 2. The Kier molecular flexibility index (Phi) is 3.31. The Morgan fingerprint density at radius 3 is 3.26 bits per heavy atom. The van der Waals surface area contributed by atoms with Crippen molar-refractivity contribution in [2.75, 3.05) is 26.2 Å². The number of ether oxygens (including phenoxy) is 1. The fourth-order valence-corrected chi connectivity index (χ4v) is 4.42. The maximum atomic E-state index is 6.04. The van der Waals surface area contributed by atoms with Crippen LogP contribution in [0.25, 0.3) is 0 Å². The van der Waals surface area contributed by atoms with Crippen LogP contribution in [0.15, 0.2) is 5.38 Å². The Morgan fingerprint density at radius 2 is 2.37 bits per heavy atom. The van der Waals surface area contributed by atoms with Crippen molar-refractivity contribution >= 4 is 11.3 Å². The second-order valence-electron chi connectivity index (χ2n) is 5.87. The smallest absolute Gasteiger partial charge is 0.123 e. The van der Waals surface area contributed by atoms with Crippen LogP contribution in [-0.4, -0.2) is 42.2 Å². The number of nitrogens with one attached hydrogen (secondary N) is 1. The molecule has 1 aromatic heterocycles. The van der Waals surface area contributed by atoms with Gasteiger partial charge in [-0.3, -0.25) is 4.90 Å². The Morgan fingerprint density at radius 1 is 1.37 bits per heavy atom. The highest BCUT2D eigenvalue weighted by Gasteiger charge is 2.34. The van der Waals surface area contributed by atoms with Crippen molar-refractivity contribution < 1.29 is 4.74 Å². The minimum absolute atomic E-state index is 0.203. The van der Waals surface area contributed by atoms with Crippen LogP contribution >= 0.6 is 11.3 Å². The number of thiazole rings is 1. The van der Waals surface area contributed by atoms with Gasteiger partial charge in [-0.15, -0.1) is 11.3 Å². The van der Waals surface area contributed by atoms with E-state index >= 15 is 0 Å². The predicted octanol–water partition coefficient (Wildman–Crippen LogP) is 2.10. The fourth-order valence-electron chi connectivity index (χ4n) is 3.51. The molecule has 3 fully saturated rings. The van der Waals surface area contributed by atoms with Crippen LogP contribution in [0.2, 0.25) is 0 Å². The summed E-state index contributed by atoms with van der Waals surface area (Å²) in [7, 11) is 0. The van der Waals surface area contributed by atoms with E-state index in [4.69, 9.17) is 9.72 Å². The molecule has 2 unspecified atom stereocenters. The van der Waals surface area contributed by atoms with Gasteiger partial charge < -0.3 is 10.1 Å². The maximum absolute atomic E-state index is 6.04. The molecule has 19 heavy (non-hydrogen) atoms. The second-order valence-corrected chi connectivity index (χ2v) is 6.76. The van der Waals surface area contributed by atoms with Crippen molar-refractivity contribution in [3.05, 3.63) is 16.1 Å². The van der Waals surface area contributed by atoms with Crippen molar-refractivity contribution in [3.8, 4) is 0 Å². The van der Waals surface area contributed by atoms with Gasteiger partial charge in [0.2, 0.25) is 0 Å². The largest absolute Gasteiger partial charge is 0.368 e. The van der Waals surface area contributed by atoms with Gasteiger partial charge in [0, 0.05) is 18.0 Å². The van der Waals surface area contributed by atoms with Gasteiger partial charge in [-0.05, 0) is 38.8 Å². The molecular weight excluding hydrogens is 258 g/mol. The zero-order chi connectivity index (χ0) is 12.7. The average molecular weight is 279 g/mol. The van der Waals surface area contributed by atoms with Crippen LogP contribution in [0, 0.1) is 0 Å². The average Bonchev–Trinajstić information content (AvgIpc) is 3.18. The number of hydrogen-bond donors (Lipinski definition) is 1. The monoisotopic (exact) mass is 279 g/mol. The minimum atomic E-state index is 0.203. The molecule has 1 aromatic rings. The second kappa shape index (κ2) is 5.13. The van der Waals surface area contributed by atoms with Gasteiger partial charge in [-0.2, -0.15) is 0 Å². The quantitative estimate of drug-likeness (QED) is 0.899. The molecule has 0 amide bonds. The first kappa shape index (κ1) is 12.3. The first-order valence-electron chi connectivity index (χ1n) is 7.44. The third-order valence-corrected chi connectivity index (χ3v) is 5.58. The lowest BCUT2D eigenvalue weighted by molar-refractivity contribution is -0.0503. The lowest BCUT2D eigenvalue weighted by atomic mass is 10.2. The molecule has 0 saturated carbocycles. The van der Waals surface area contributed by atoms with Crippen LogP contribution in [0.4, 0.5) is 0 Å². The summed E-state index contributed by atoms with van der Waals surface area (Å²) in [6.07, 6.45) is 5.34. The molecule has 3 saturated heterocycles. The molecule has 104 valence electrons. The summed E-state index contributed by atoms with van der Waals surface area (Å²) < 4.78 is 6.04. The highest BCUT2D eigenvalue weighted by Crippen LogP contribution is 2.33. The van der Waals surface area contributed by atoms with Crippen LogP contribution in [-0.2, 0) is 4.74 Å². The highest BCUT2D eigenvalue weighted by atomic mass is 32.1. The number of hydrogen-bond acceptors (Lipinski definition) is 5. The summed E-state index contributed by atoms with van der Waals surface area (Å²) in [5.74, 6) is 0. The van der Waals surface area contributed by atoms with Crippen molar-refractivity contribution in [1.82, 2.24) is 15.2 Å². The van der Waals surface area contributed by atoms with Crippen LogP contribution < -0.4 is 5.32 Å². The summed E-state index contributed by atoms with van der Waals surface area (Å²) in [5.41, 5.74) is 1.23. The molecule has 5 heteroatoms. The molecule has 0 aromatic carbocycles. The van der Waals surface area contributed by atoms with Gasteiger partial charge in [-0.25, -0.2) is 4.98 Å². The number of fused-ring (bicyclic) bond motifs is 1. The van der Waals surface area contributed by atoms with Crippen LogP contribution in [0.3, 0.4) is 0 Å². The zero-order valence-electron chi connectivity index (χ0n) is 11.2. The van der Waals surface area contributed by atoms with Gasteiger partial charge in [0.05, 0.1) is 18.3 Å². The van der Waals surface area contributed by atoms with E-state index in [0.29, 0.717) is 12.1 Å². The Balaban J connectivity index is 1.47. The van der Waals surface area contributed by atoms with E-state index in [9.17, 15) is 0 Å². The molecule has 3 aliphatic rings. The number of rotatable bonds is 2. The number of aromatic nitrogens is 1. The summed E-state index contributed by atoms with van der Waals surface area (Å²) >= 11 is 1.77. The number of morpholine rings is 1. The molecule has 1 N–H and O–H groups in total. The Labute approximate surface area is 118 Å². The summed E-state index contributed by atoms with van der Waals surface area (Å²) in [5, 5.41) is 6.91. The van der Waals surface area contributed by atoms with E-state index in [2.05, 4.69) is 15.6 Å². The van der Waals surface area contributed by atoms with Gasteiger partial charge in [0.1, 0.15) is 11.1 Å². The van der Waals surface area contributed by atoms with E-state index in [1.807, 2.05) is 0 Å². The molecule has 0 bridgehead atoms. The highest BCUT2D eigenvalue weighted by molar-refractivity contribution is 7.09. The molecule has 3 aliphatic heterocycles. The van der Waals surface area contributed by atoms with E-state index in [1.165, 1.54) is 42.9 Å². The van der Waals surface area contributed by atoms with E-state index in [0.717, 1.165) is 19.7 Å². The van der Waals surface area contributed by atoms with Crippen molar-refractivity contribution in [2.45, 2.75) is 43.9 Å². The van der Waals surface area contributed by atoms with Gasteiger partial charge in [0.25, 0.3) is 0 Å². The summed E-state index contributed by atoms with van der Waals surface area (Å²) in [6.45, 7) is 4.30. The molecule has 3 atom stereocenters. The molecule has 0 radical (unpaired) electrons.